The van der Waals surface area contributed by atoms with Gasteiger partial charge in [0.25, 0.3) is 0 Å². The van der Waals surface area contributed by atoms with Gasteiger partial charge in [-0.05, 0) is 32.1 Å². The first-order valence-corrected chi connectivity index (χ1v) is 33.1. The van der Waals surface area contributed by atoms with Crippen molar-refractivity contribution in [1.29, 1.82) is 0 Å². The van der Waals surface area contributed by atoms with Crippen molar-refractivity contribution < 1.29 is 24.5 Å². The lowest BCUT2D eigenvalue weighted by molar-refractivity contribution is -0.137. The molecule has 0 aromatic heterocycles. The van der Waals surface area contributed by atoms with Gasteiger partial charge >= 0.3 is 5.97 Å². The molecule has 0 unspecified atom stereocenters. The van der Waals surface area contributed by atoms with Crippen LogP contribution in [0.25, 0.3) is 0 Å². The van der Waals surface area contributed by atoms with E-state index in [0.717, 1.165) is 44.9 Å². The zero-order chi connectivity index (χ0) is 52.9. The van der Waals surface area contributed by atoms with Gasteiger partial charge in [0.1, 0.15) is 0 Å². The Morgan fingerprint density at radius 2 is 0.699 bits per heavy atom. The topological polar surface area (TPSA) is 95.9 Å². The second-order valence-corrected chi connectivity index (χ2v) is 22.9. The predicted molar refractivity (Wildman–Crippen MR) is 320 cm³/mol. The molecule has 0 rings (SSSR count). The van der Waals surface area contributed by atoms with E-state index < -0.39 is 12.1 Å². The highest BCUT2D eigenvalue weighted by Crippen LogP contribution is 2.19. The van der Waals surface area contributed by atoms with E-state index >= 15 is 0 Å². The van der Waals surface area contributed by atoms with Crippen LogP contribution in [0.5, 0.6) is 0 Å². The SMILES string of the molecule is CCCCCCCCCCCCCC=CC=CC(=O)OCCCCCCCCCCCCCCCCCCCCCCCCCCCCC(=O)N[C@@H](CO)[C@H](O)CCCCCCCCCCCCCCCCC. The maximum atomic E-state index is 12.5. The molecule has 0 spiro atoms. The summed E-state index contributed by atoms with van der Waals surface area (Å²) < 4.78 is 5.38. The number of hydrogen-bond donors (Lipinski definition) is 3. The fourth-order valence-electron chi connectivity index (χ4n) is 10.6. The van der Waals surface area contributed by atoms with E-state index in [1.165, 1.54) is 295 Å². The molecule has 6 heteroatoms. The summed E-state index contributed by atoms with van der Waals surface area (Å²) >= 11 is 0. The number of carbonyl (C=O) groups excluding carboxylic acids is 2. The molecular formula is C67H129NO5. The van der Waals surface area contributed by atoms with E-state index in [1.54, 1.807) is 6.08 Å². The standard InChI is InChI=1S/C67H129NO5/c1-3-5-7-9-11-13-15-17-31-35-39-43-47-51-55-59-65(70)64(63-69)68-66(71)60-56-52-48-44-40-36-33-29-27-25-23-21-19-20-22-24-26-28-30-34-38-42-46-50-54-58-62-73-67(72)61-57-53-49-45-41-37-32-18-16-14-12-10-8-6-4-2/h49,53,57,61,64-65,69-70H,3-48,50-52,54-56,58-60,62-63H2,1-2H3,(H,68,71)/t64-,65+/m0/s1. The average molecular weight is 1030 g/mol. The zero-order valence-corrected chi connectivity index (χ0v) is 49.4. The van der Waals surface area contributed by atoms with Crippen LogP contribution in [0.4, 0.5) is 0 Å². The molecule has 1 amide bonds. The van der Waals surface area contributed by atoms with E-state index in [9.17, 15) is 19.8 Å². The summed E-state index contributed by atoms with van der Waals surface area (Å²) in [5.74, 6) is -0.241. The highest BCUT2D eigenvalue weighted by molar-refractivity contribution is 5.82. The summed E-state index contributed by atoms with van der Waals surface area (Å²) in [6, 6.07) is -0.540. The fourth-order valence-corrected chi connectivity index (χ4v) is 10.6. The Labute approximate surface area is 456 Å². The molecule has 0 fully saturated rings. The molecule has 3 N–H and O–H groups in total. The maximum Gasteiger partial charge on any atom is 0.330 e. The van der Waals surface area contributed by atoms with Crippen molar-refractivity contribution in [1.82, 2.24) is 5.32 Å². The largest absolute Gasteiger partial charge is 0.463 e. The Morgan fingerprint density at radius 3 is 1.04 bits per heavy atom. The Bertz CT molecular complexity index is 1140. The van der Waals surface area contributed by atoms with Crippen LogP contribution >= 0.6 is 0 Å². The van der Waals surface area contributed by atoms with E-state index in [1.807, 2.05) is 12.2 Å². The van der Waals surface area contributed by atoms with Crippen LogP contribution in [-0.4, -0.2) is 47.4 Å². The van der Waals surface area contributed by atoms with Crippen molar-refractivity contribution in [3.05, 3.63) is 24.3 Å². The van der Waals surface area contributed by atoms with Crippen molar-refractivity contribution in [2.24, 2.45) is 0 Å². The molecule has 73 heavy (non-hydrogen) atoms. The van der Waals surface area contributed by atoms with Crippen molar-refractivity contribution in [3.63, 3.8) is 0 Å². The molecule has 0 aliphatic carbocycles. The Morgan fingerprint density at radius 1 is 0.397 bits per heavy atom. The van der Waals surface area contributed by atoms with Crippen molar-refractivity contribution >= 4 is 11.9 Å². The summed E-state index contributed by atoms with van der Waals surface area (Å²) in [4.78, 5) is 24.5. The quantitative estimate of drug-likeness (QED) is 0.0244. The third-order valence-electron chi connectivity index (χ3n) is 15.6. The van der Waals surface area contributed by atoms with Gasteiger partial charge in [0, 0.05) is 12.5 Å². The van der Waals surface area contributed by atoms with E-state index in [4.69, 9.17) is 4.74 Å². The van der Waals surface area contributed by atoms with Crippen molar-refractivity contribution in [3.8, 4) is 0 Å². The molecule has 0 aromatic rings. The van der Waals surface area contributed by atoms with Crippen LogP contribution in [0.15, 0.2) is 24.3 Å². The minimum Gasteiger partial charge on any atom is -0.463 e. The van der Waals surface area contributed by atoms with Crippen molar-refractivity contribution in [2.45, 2.75) is 379 Å². The minimum absolute atomic E-state index is 0.0309. The van der Waals surface area contributed by atoms with Crippen LogP contribution < -0.4 is 5.32 Å². The lowest BCUT2D eigenvalue weighted by Crippen LogP contribution is -2.45. The highest BCUT2D eigenvalue weighted by atomic mass is 16.5. The third kappa shape index (κ3) is 59.4. The molecule has 0 heterocycles. The lowest BCUT2D eigenvalue weighted by atomic mass is 10.0. The van der Waals surface area contributed by atoms with Gasteiger partial charge in [-0.3, -0.25) is 4.79 Å². The summed E-state index contributed by atoms with van der Waals surface area (Å²) in [6.07, 6.45) is 78.2. The van der Waals surface area contributed by atoms with Gasteiger partial charge in [-0.15, -0.1) is 0 Å². The molecule has 0 saturated heterocycles. The molecule has 2 atom stereocenters. The molecule has 0 bridgehead atoms. The Balaban J connectivity index is 3.37. The van der Waals surface area contributed by atoms with Crippen LogP contribution in [0.1, 0.15) is 367 Å². The first-order chi connectivity index (χ1) is 36.0. The molecule has 0 aliphatic heterocycles. The number of allylic oxidation sites excluding steroid dienone is 3. The zero-order valence-electron chi connectivity index (χ0n) is 49.4. The van der Waals surface area contributed by atoms with E-state index in [0.29, 0.717) is 19.4 Å². The maximum absolute atomic E-state index is 12.5. The molecule has 432 valence electrons. The smallest absolute Gasteiger partial charge is 0.330 e. The number of nitrogens with one attached hydrogen (secondary N) is 1. The Kier molecular flexibility index (Phi) is 61.4. The van der Waals surface area contributed by atoms with E-state index in [-0.39, 0.29) is 18.5 Å². The minimum atomic E-state index is -0.663. The number of hydrogen-bond acceptors (Lipinski definition) is 5. The summed E-state index contributed by atoms with van der Waals surface area (Å²) in [7, 11) is 0. The average Bonchev–Trinajstić information content (AvgIpc) is 3.39. The van der Waals surface area contributed by atoms with Gasteiger partial charge in [0.15, 0.2) is 0 Å². The van der Waals surface area contributed by atoms with Crippen molar-refractivity contribution in [2.75, 3.05) is 13.2 Å². The number of aliphatic hydroxyl groups excluding tert-OH is 2. The normalized spacial score (nSPS) is 12.7. The summed E-state index contributed by atoms with van der Waals surface area (Å²) in [5.41, 5.74) is 0. The van der Waals surface area contributed by atoms with Gasteiger partial charge in [0.05, 0.1) is 25.4 Å². The van der Waals surface area contributed by atoms with Gasteiger partial charge in [-0.1, -0.05) is 347 Å². The fraction of sp³-hybridized carbons (Fsp3) is 0.910. The first kappa shape index (κ1) is 71.3. The predicted octanol–water partition coefficient (Wildman–Crippen LogP) is 21.0. The first-order valence-electron chi connectivity index (χ1n) is 33.1. The summed E-state index contributed by atoms with van der Waals surface area (Å²) in [6.45, 7) is 4.91. The number of aliphatic hydroxyl groups is 2. The second kappa shape index (κ2) is 62.9. The van der Waals surface area contributed by atoms with Gasteiger partial charge < -0.3 is 20.3 Å². The molecule has 0 radical (unpaired) electrons. The molecule has 0 aliphatic rings. The van der Waals surface area contributed by atoms with Crippen LogP contribution in [-0.2, 0) is 14.3 Å². The monoisotopic (exact) mass is 1030 g/mol. The van der Waals surface area contributed by atoms with Crippen LogP contribution in [0.2, 0.25) is 0 Å². The lowest BCUT2D eigenvalue weighted by Gasteiger charge is -2.22. The van der Waals surface area contributed by atoms with Crippen LogP contribution in [0.3, 0.4) is 0 Å². The number of rotatable bonds is 62. The number of esters is 1. The van der Waals surface area contributed by atoms with Crippen LogP contribution in [0, 0.1) is 0 Å². The van der Waals surface area contributed by atoms with Gasteiger partial charge in [-0.2, -0.15) is 0 Å². The van der Waals surface area contributed by atoms with E-state index in [2.05, 4.69) is 25.2 Å². The highest BCUT2D eigenvalue weighted by Gasteiger charge is 2.20. The molecule has 0 saturated carbocycles. The second-order valence-electron chi connectivity index (χ2n) is 22.9. The van der Waals surface area contributed by atoms with Gasteiger partial charge in [0.2, 0.25) is 5.91 Å². The number of unbranched alkanes of at least 4 members (excludes halogenated alkanes) is 50. The third-order valence-corrected chi connectivity index (χ3v) is 15.6. The van der Waals surface area contributed by atoms with Gasteiger partial charge in [-0.25, -0.2) is 4.79 Å². The molecule has 6 nitrogen and oxygen atoms in total. The molecule has 0 aromatic carbocycles. The number of carbonyl (C=O) groups is 2. The summed E-state index contributed by atoms with van der Waals surface area (Å²) in [5, 5.41) is 23.3. The molecular weight excluding hydrogens is 899 g/mol. The number of ether oxygens (including phenoxy) is 1. The number of amides is 1. The Hall–Kier alpha value is -1.66.